The lowest BCUT2D eigenvalue weighted by Crippen LogP contribution is -2.53. The Morgan fingerprint density at radius 1 is 1.02 bits per heavy atom. The second-order valence-electron chi connectivity index (χ2n) is 11.2. The molecule has 12 heteroatoms. The van der Waals surface area contributed by atoms with Crippen LogP contribution in [0.25, 0.3) is 0 Å². The Kier molecular flexibility index (Phi) is 9.08. The van der Waals surface area contributed by atoms with E-state index in [1.165, 1.54) is 18.2 Å². The number of piperazine rings is 1. The van der Waals surface area contributed by atoms with E-state index in [4.69, 9.17) is 4.74 Å². The van der Waals surface area contributed by atoms with E-state index >= 15 is 0 Å². The normalized spacial score (nSPS) is 23.1. The monoisotopic (exact) mass is 577 g/mol. The fourth-order valence-electron chi connectivity index (χ4n) is 5.99. The third kappa shape index (κ3) is 7.53. The molecule has 3 aliphatic rings. The second-order valence-corrected chi connectivity index (χ2v) is 11.2. The van der Waals surface area contributed by atoms with Crippen molar-refractivity contribution in [3.05, 3.63) is 58.2 Å². The molecule has 2 aromatic rings. The summed E-state index contributed by atoms with van der Waals surface area (Å²) in [4.78, 5) is 27.7. The van der Waals surface area contributed by atoms with Crippen LogP contribution in [-0.2, 0) is 17.4 Å². The largest absolute Gasteiger partial charge is 0.488 e. The number of hydrogen-bond acceptors (Lipinski definition) is 7. The lowest BCUT2D eigenvalue weighted by Gasteiger charge is -2.36. The molecule has 1 amide bonds. The van der Waals surface area contributed by atoms with E-state index in [-0.39, 0.29) is 30.4 Å². The fourth-order valence-corrected chi connectivity index (χ4v) is 5.99. The maximum absolute atomic E-state index is 13.5. The minimum atomic E-state index is -4.64. The molecule has 1 atom stereocenters. The van der Waals surface area contributed by atoms with Gasteiger partial charge in [-0.25, -0.2) is 4.39 Å². The highest BCUT2D eigenvalue weighted by Gasteiger charge is 2.34. The van der Waals surface area contributed by atoms with Crippen LogP contribution in [0.5, 0.6) is 5.75 Å². The highest BCUT2D eigenvalue weighted by Crippen LogP contribution is 2.38. The van der Waals surface area contributed by atoms with Crippen molar-refractivity contribution in [2.45, 2.75) is 50.4 Å². The number of fused-ring (bicyclic) bond motifs is 1. The summed E-state index contributed by atoms with van der Waals surface area (Å²) in [5.41, 5.74) is -0.437. The number of carbonyl (C=O) groups excluding carboxylic acids is 1. The molecule has 0 spiro atoms. The molecule has 2 fully saturated rings. The van der Waals surface area contributed by atoms with Crippen molar-refractivity contribution in [3.63, 3.8) is 0 Å². The molecular weight excluding hydrogens is 542 g/mol. The zero-order valence-electron chi connectivity index (χ0n) is 22.8. The summed E-state index contributed by atoms with van der Waals surface area (Å²) >= 11 is 0. The van der Waals surface area contributed by atoms with Gasteiger partial charge in [0, 0.05) is 63.0 Å². The Hall–Kier alpha value is -3.25. The molecule has 2 heterocycles. The molecule has 0 radical (unpaired) electrons. The fraction of sp³-hybridized carbons (Fsp3) is 0.552. The summed E-state index contributed by atoms with van der Waals surface area (Å²) in [5.74, 6) is 0.902. The van der Waals surface area contributed by atoms with Gasteiger partial charge in [0.2, 0.25) is 5.91 Å². The third-order valence-corrected chi connectivity index (χ3v) is 8.33. The Balaban J connectivity index is 0.973. The van der Waals surface area contributed by atoms with Crippen molar-refractivity contribution >= 4 is 17.3 Å². The molecule has 0 bridgehead atoms. The van der Waals surface area contributed by atoms with Crippen molar-refractivity contribution in [1.82, 2.24) is 15.1 Å². The molecule has 1 saturated heterocycles. The number of rotatable bonds is 9. The summed E-state index contributed by atoms with van der Waals surface area (Å²) in [7, 11) is 0. The van der Waals surface area contributed by atoms with Crippen LogP contribution in [0.4, 0.5) is 28.9 Å². The Bertz CT molecular complexity index is 1230. The van der Waals surface area contributed by atoms with Gasteiger partial charge >= 0.3 is 6.18 Å². The molecule has 1 saturated carbocycles. The van der Waals surface area contributed by atoms with E-state index in [2.05, 4.69) is 20.7 Å². The number of hydrogen-bond donors (Lipinski definition) is 2. The molecule has 1 aliphatic carbocycles. The lowest BCUT2D eigenvalue weighted by molar-refractivity contribution is -0.137. The molecule has 222 valence electrons. The third-order valence-electron chi connectivity index (χ3n) is 8.33. The van der Waals surface area contributed by atoms with Crippen molar-refractivity contribution in [2.24, 2.45) is 11.1 Å². The molecule has 5 rings (SSSR count). The van der Waals surface area contributed by atoms with Gasteiger partial charge in [-0.2, -0.15) is 13.2 Å². The van der Waals surface area contributed by atoms with Gasteiger partial charge in [-0.3, -0.25) is 9.69 Å². The smallest absolute Gasteiger partial charge is 0.418 e. The number of nitrogens with one attached hydrogen (secondary N) is 2. The van der Waals surface area contributed by atoms with Gasteiger partial charge in [-0.1, -0.05) is 0 Å². The molecule has 2 aliphatic heterocycles. The molecule has 41 heavy (non-hydrogen) atoms. The first kappa shape index (κ1) is 29.2. The van der Waals surface area contributed by atoms with Gasteiger partial charge in [0.25, 0.3) is 0 Å². The number of halogens is 4. The van der Waals surface area contributed by atoms with Gasteiger partial charge in [0.1, 0.15) is 23.4 Å². The Morgan fingerprint density at radius 3 is 2.49 bits per heavy atom. The van der Waals surface area contributed by atoms with Crippen LogP contribution in [0.15, 0.2) is 41.6 Å². The van der Waals surface area contributed by atoms with E-state index in [0.29, 0.717) is 37.7 Å². The summed E-state index contributed by atoms with van der Waals surface area (Å²) in [6, 6.07) is 8.32. The highest BCUT2D eigenvalue weighted by molar-refractivity contribution is 5.78. The molecular formula is C29H35F4N5O3. The van der Waals surface area contributed by atoms with Crippen LogP contribution < -0.4 is 15.4 Å². The van der Waals surface area contributed by atoms with Crippen LogP contribution in [0.1, 0.15) is 36.8 Å². The SMILES string of the molecule is O=Nc1ccc(NCC2CCC(NCC(=O)N3CCN(CC4Cc5cc(F)ccc5O4)CC3)CC2)cc1C(F)(F)F. The first-order valence-corrected chi connectivity index (χ1v) is 14.1. The van der Waals surface area contributed by atoms with Gasteiger partial charge in [-0.05, 0) is 73.2 Å². The Labute approximate surface area is 236 Å². The molecule has 0 aromatic heterocycles. The average Bonchev–Trinajstić information content (AvgIpc) is 3.36. The zero-order valence-corrected chi connectivity index (χ0v) is 22.8. The number of amides is 1. The van der Waals surface area contributed by atoms with Crippen LogP contribution in [0.3, 0.4) is 0 Å². The van der Waals surface area contributed by atoms with E-state index in [0.717, 1.165) is 68.8 Å². The number of anilines is 1. The van der Waals surface area contributed by atoms with Crippen molar-refractivity contribution in [1.29, 1.82) is 0 Å². The number of carbonyl (C=O) groups is 1. The summed E-state index contributed by atoms with van der Waals surface area (Å²) in [6.45, 7) is 4.44. The van der Waals surface area contributed by atoms with E-state index < -0.39 is 17.4 Å². The number of nitrogens with zero attached hydrogens (tertiary/aromatic N) is 3. The van der Waals surface area contributed by atoms with Crippen LogP contribution >= 0.6 is 0 Å². The first-order chi connectivity index (χ1) is 19.7. The van der Waals surface area contributed by atoms with Gasteiger partial charge in [0.05, 0.1) is 12.1 Å². The van der Waals surface area contributed by atoms with Gasteiger partial charge in [0.15, 0.2) is 0 Å². The van der Waals surface area contributed by atoms with Crippen LogP contribution in [-0.4, -0.2) is 73.7 Å². The highest BCUT2D eigenvalue weighted by atomic mass is 19.4. The van der Waals surface area contributed by atoms with E-state index in [1.54, 1.807) is 6.07 Å². The molecule has 2 aromatic carbocycles. The molecule has 8 nitrogen and oxygen atoms in total. The second kappa shape index (κ2) is 12.7. The minimum Gasteiger partial charge on any atom is -0.488 e. The minimum absolute atomic E-state index is 0.00119. The number of nitroso groups, excluding NO2 is 1. The van der Waals surface area contributed by atoms with Crippen LogP contribution in [0.2, 0.25) is 0 Å². The number of benzene rings is 2. The van der Waals surface area contributed by atoms with E-state index in [1.807, 2.05) is 4.90 Å². The van der Waals surface area contributed by atoms with E-state index in [9.17, 15) is 27.3 Å². The number of ether oxygens (including phenoxy) is 1. The van der Waals surface area contributed by atoms with Crippen molar-refractivity contribution in [2.75, 3.05) is 51.1 Å². The predicted molar refractivity (Wildman–Crippen MR) is 147 cm³/mol. The van der Waals surface area contributed by atoms with Gasteiger partial charge < -0.3 is 20.3 Å². The standard InChI is InChI=1S/C29H35F4N5O3/c30-21-3-8-27-20(13-21)14-24(41-27)18-37-9-11-38(12-10-37)28(39)17-35-22-4-1-19(2-5-22)16-34-23-6-7-26(36-40)25(15-23)29(31,32)33/h3,6-8,13,15,19,22,24,34-35H,1-2,4-5,9-12,14,16-18H2. The predicted octanol–water partition coefficient (Wildman–Crippen LogP) is 4.95. The summed E-state index contributed by atoms with van der Waals surface area (Å²) < 4.78 is 58.9. The van der Waals surface area contributed by atoms with Crippen molar-refractivity contribution in [3.8, 4) is 5.75 Å². The van der Waals surface area contributed by atoms with Crippen LogP contribution in [0, 0.1) is 16.6 Å². The maximum atomic E-state index is 13.5. The van der Waals surface area contributed by atoms with Crippen molar-refractivity contribution < 1.29 is 27.1 Å². The lowest BCUT2D eigenvalue weighted by atomic mass is 9.86. The average molecular weight is 578 g/mol. The maximum Gasteiger partial charge on any atom is 0.418 e. The topological polar surface area (TPSA) is 86.3 Å². The first-order valence-electron chi connectivity index (χ1n) is 14.1. The zero-order chi connectivity index (χ0) is 29.0. The van der Waals surface area contributed by atoms with Gasteiger partial charge in [-0.15, -0.1) is 4.91 Å². The Morgan fingerprint density at radius 2 is 1.78 bits per heavy atom. The quantitative estimate of drug-likeness (QED) is 0.324. The molecule has 1 unspecified atom stereocenters. The number of alkyl halides is 3. The summed E-state index contributed by atoms with van der Waals surface area (Å²) in [5, 5.41) is 8.94. The molecule has 2 N–H and O–H groups in total. The summed E-state index contributed by atoms with van der Waals surface area (Å²) in [6.07, 6.45) is -0.366.